The summed E-state index contributed by atoms with van der Waals surface area (Å²) in [6.45, 7) is 4.13. The lowest BCUT2D eigenvalue weighted by molar-refractivity contribution is 0.0454. The highest BCUT2D eigenvalue weighted by molar-refractivity contribution is 6.30. The molecule has 0 spiro atoms. The molecule has 0 amide bonds. The van der Waals surface area contributed by atoms with Gasteiger partial charge < -0.3 is 18.9 Å². The number of carbonyl (C=O) groups is 2. The summed E-state index contributed by atoms with van der Waals surface area (Å²) in [5.41, 5.74) is 1.91. The van der Waals surface area contributed by atoms with E-state index in [1.54, 1.807) is 24.3 Å². The summed E-state index contributed by atoms with van der Waals surface area (Å²) >= 11 is 6.31. The molecule has 1 heterocycles. The highest BCUT2D eigenvalue weighted by atomic mass is 35.5. The molecule has 3 aromatic rings. The predicted octanol–water partition coefficient (Wildman–Crippen LogP) is 6.62. The zero-order valence-electron chi connectivity index (χ0n) is 19.2. The fourth-order valence-electron chi connectivity index (χ4n) is 3.77. The molecule has 34 heavy (non-hydrogen) atoms. The number of hydrogen-bond acceptors (Lipinski definition) is 6. The topological polar surface area (TPSA) is 71.1 Å². The number of methoxy groups -OCH3 is 1. The van der Waals surface area contributed by atoms with E-state index < -0.39 is 5.97 Å². The fourth-order valence-corrected chi connectivity index (χ4v) is 4.00. The Balaban J connectivity index is 1.75. The average Bonchev–Trinajstić information content (AvgIpc) is 2.81. The van der Waals surface area contributed by atoms with Crippen molar-refractivity contribution in [2.24, 2.45) is 5.92 Å². The van der Waals surface area contributed by atoms with Crippen LogP contribution in [0.15, 0.2) is 54.6 Å². The van der Waals surface area contributed by atoms with E-state index in [-0.39, 0.29) is 35.4 Å². The molecule has 176 valence electrons. The minimum atomic E-state index is -0.650. The van der Waals surface area contributed by atoms with Crippen LogP contribution < -0.4 is 14.2 Å². The molecule has 0 atom stereocenters. The molecule has 6 nitrogen and oxygen atoms in total. The molecule has 3 aromatic carbocycles. The maximum atomic E-state index is 13.0. The van der Waals surface area contributed by atoms with Crippen molar-refractivity contribution in [1.82, 2.24) is 0 Å². The van der Waals surface area contributed by atoms with Crippen LogP contribution in [-0.2, 0) is 18.0 Å². The second-order valence-corrected chi connectivity index (χ2v) is 8.82. The van der Waals surface area contributed by atoms with Crippen LogP contribution in [0.4, 0.5) is 0 Å². The summed E-state index contributed by atoms with van der Waals surface area (Å²) in [6, 6.07) is 16.2. The van der Waals surface area contributed by atoms with Gasteiger partial charge in [0.15, 0.2) is 17.3 Å². The molecule has 0 saturated carbocycles. The van der Waals surface area contributed by atoms with Crippen LogP contribution in [0.2, 0.25) is 5.02 Å². The van der Waals surface area contributed by atoms with Crippen molar-refractivity contribution in [2.75, 3.05) is 7.11 Å². The SMILES string of the molecule is COc1c(C(=O)CC(C)C)ccc2c1C(=O)OCc1cc(Cl)cc(OCc3ccccc3)c1O2. The first-order chi connectivity index (χ1) is 16.4. The lowest BCUT2D eigenvalue weighted by Gasteiger charge is -2.23. The molecule has 0 bridgehead atoms. The summed E-state index contributed by atoms with van der Waals surface area (Å²) < 4.78 is 23.3. The molecule has 0 N–H and O–H groups in total. The Hall–Kier alpha value is -3.51. The van der Waals surface area contributed by atoms with Crippen LogP contribution in [0.5, 0.6) is 23.0 Å². The summed E-state index contributed by atoms with van der Waals surface area (Å²) in [5.74, 6) is 0.523. The normalized spacial score (nSPS) is 12.6. The van der Waals surface area contributed by atoms with Gasteiger partial charge in [0.05, 0.1) is 12.7 Å². The first kappa shape index (κ1) is 23.6. The number of rotatable bonds is 7. The van der Waals surface area contributed by atoms with Gasteiger partial charge in [-0.1, -0.05) is 55.8 Å². The minimum absolute atomic E-state index is 0.0618. The van der Waals surface area contributed by atoms with Gasteiger partial charge in [-0.3, -0.25) is 4.79 Å². The number of esters is 1. The van der Waals surface area contributed by atoms with Crippen molar-refractivity contribution in [3.8, 4) is 23.0 Å². The second-order valence-electron chi connectivity index (χ2n) is 8.39. The standard InChI is InChI=1S/C27H25ClO6/c1-16(2)11-21(29)20-9-10-22-24(26(20)31-3)27(30)33-15-18-12-19(28)13-23(25(18)34-22)32-14-17-7-5-4-6-8-17/h4-10,12-13,16H,11,14-15H2,1-3H3. The lowest BCUT2D eigenvalue weighted by atomic mass is 9.97. The molecule has 7 heteroatoms. The Morgan fingerprint density at radius 2 is 1.88 bits per heavy atom. The number of carbonyl (C=O) groups excluding carboxylic acids is 2. The average molecular weight is 481 g/mol. The third kappa shape index (κ3) is 5.02. The molecule has 0 saturated heterocycles. The first-order valence-corrected chi connectivity index (χ1v) is 11.3. The predicted molar refractivity (Wildman–Crippen MR) is 128 cm³/mol. The maximum Gasteiger partial charge on any atom is 0.346 e. The number of ether oxygens (including phenoxy) is 4. The Morgan fingerprint density at radius 3 is 2.59 bits per heavy atom. The van der Waals surface area contributed by atoms with E-state index in [0.29, 0.717) is 40.7 Å². The molecular formula is C27H25ClO6. The smallest absolute Gasteiger partial charge is 0.346 e. The van der Waals surface area contributed by atoms with E-state index in [9.17, 15) is 9.59 Å². The van der Waals surface area contributed by atoms with E-state index in [2.05, 4.69) is 0 Å². The number of cyclic esters (lactones) is 1. The zero-order chi connectivity index (χ0) is 24.2. The van der Waals surface area contributed by atoms with Gasteiger partial charge >= 0.3 is 5.97 Å². The summed E-state index contributed by atoms with van der Waals surface area (Å²) in [7, 11) is 1.41. The monoisotopic (exact) mass is 480 g/mol. The molecule has 0 fully saturated rings. The van der Waals surface area contributed by atoms with Crippen LogP contribution in [0.3, 0.4) is 0 Å². The van der Waals surface area contributed by atoms with Crippen LogP contribution in [0, 0.1) is 5.92 Å². The molecule has 0 aromatic heterocycles. The number of benzene rings is 3. The largest absolute Gasteiger partial charge is 0.495 e. The van der Waals surface area contributed by atoms with Crippen molar-refractivity contribution < 1.29 is 28.5 Å². The lowest BCUT2D eigenvalue weighted by Crippen LogP contribution is -2.15. The Kier molecular flexibility index (Phi) is 7.08. The van der Waals surface area contributed by atoms with Gasteiger partial charge in [-0.2, -0.15) is 0 Å². The van der Waals surface area contributed by atoms with Crippen LogP contribution in [0.25, 0.3) is 0 Å². The molecule has 4 rings (SSSR count). The Labute approximate surface area is 203 Å². The van der Waals surface area contributed by atoms with Crippen molar-refractivity contribution in [2.45, 2.75) is 33.5 Å². The molecule has 1 aliphatic heterocycles. The quantitative estimate of drug-likeness (QED) is 0.279. The summed E-state index contributed by atoms with van der Waals surface area (Å²) in [5, 5.41) is 0.425. The van der Waals surface area contributed by atoms with Crippen LogP contribution in [0.1, 0.15) is 52.1 Å². The highest BCUT2D eigenvalue weighted by Gasteiger charge is 2.30. The van der Waals surface area contributed by atoms with Gasteiger partial charge in [0.25, 0.3) is 0 Å². The Morgan fingerprint density at radius 1 is 1.12 bits per heavy atom. The molecule has 0 aliphatic carbocycles. The van der Waals surface area contributed by atoms with Gasteiger partial charge in [-0.25, -0.2) is 4.79 Å². The van der Waals surface area contributed by atoms with E-state index in [1.807, 2.05) is 44.2 Å². The second kappa shape index (κ2) is 10.2. The summed E-state index contributed by atoms with van der Waals surface area (Å²) in [6.07, 6.45) is 0.323. The van der Waals surface area contributed by atoms with Crippen molar-refractivity contribution in [3.05, 3.63) is 81.9 Å². The number of hydrogen-bond donors (Lipinski definition) is 0. The molecule has 0 unspecified atom stereocenters. The number of fused-ring (bicyclic) bond motifs is 2. The van der Waals surface area contributed by atoms with Gasteiger partial charge in [0.1, 0.15) is 30.3 Å². The molecule has 0 radical (unpaired) electrons. The Bertz CT molecular complexity index is 1220. The van der Waals surface area contributed by atoms with Crippen molar-refractivity contribution in [3.63, 3.8) is 0 Å². The number of ketones is 1. The van der Waals surface area contributed by atoms with E-state index in [4.69, 9.17) is 30.5 Å². The van der Waals surface area contributed by atoms with Crippen molar-refractivity contribution >= 4 is 23.4 Å². The van der Waals surface area contributed by atoms with Crippen LogP contribution >= 0.6 is 11.6 Å². The van der Waals surface area contributed by atoms with Crippen LogP contribution in [-0.4, -0.2) is 18.9 Å². The van der Waals surface area contributed by atoms with E-state index in [0.717, 1.165) is 5.56 Å². The van der Waals surface area contributed by atoms with E-state index >= 15 is 0 Å². The van der Waals surface area contributed by atoms with E-state index in [1.165, 1.54) is 7.11 Å². The van der Waals surface area contributed by atoms with Gasteiger partial charge in [-0.15, -0.1) is 0 Å². The minimum Gasteiger partial charge on any atom is -0.495 e. The molecular weight excluding hydrogens is 456 g/mol. The summed E-state index contributed by atoms with van der Waals surface area (Å²) in [4.78, 5) is 25.8. The van der Waals surface area contributed by atoms with Gasteiger partial charge in [0, 0.05) is 23.1 Å². The zero-order valence-corrected chi connectivity index (χ0v) is 20.0. The molecule has 1 aliphatic rings. The third-order valence-electron chi connectivity index (χ3n) is 5.33. The maximum absolute atomic E-state index is 13.0. The van der Waals surface area contributed by atoms with Gasteiger partial charge in [-0.05, 0) is 29.7 Å². The third-order valence-corrected chi connectivity index (χ3v) is 5.54. The van der Waals surface area contributed by atoms with Crippen molar-refractivity contribution in [1.29, 1.82) is 0 Å². The first-order valence-electron chi connectivity index (χ1n) is 11.0. The fraction of sp³-hybridized carbons (Fsp3) is 0.259. The van der Waals surface area contributed by atoms with Gasteiger partial charge in [0.2, 0.25) is 0 Å². The number of Topliss-reactive ketones (excluding diaryl/α,β-unsaturated/α-hetero) is 1. The number of halogens is 1. The highest BCUT2D eigenvalue weighted by Crippen LogP contribution is 2.44.